The molecule has 112 valence electrons. The third-order valence-corrected chi connectivity index (χ3v) is 6.16. The van der Waals surface area contributed by atoms with Crippen LogP contribution in [0.25, 0.3) is 0 Å². The summed E-state index contributed by atoms with van der Waals surface area (Å²) in [6.45, 7) is 2.94. The van der Waals surface area contributed by atoms with E-state index in [1.165, 1.54) is 4.31 Å². The molecule has 0 radical (unpaired) electrons. The van der Waals surface area contributed by atoms with Gasteiger partial charge in [0.05, 0.1) is 11.8 Å². The van der Waals surface area contributed by atoms with Crippen LogP contribution in [-0.2, 0) is 14.8 Å². The van der Waals surface area contributed by atoms with E-state index in [1.807, 2.05) is 0 Å². The van der Waals surface area contributed by atoms with Crippen molar-refractivity contribution in [1.29, 1.82) is 0 Å². The van der Waals surface area contributed by atoms with Gasteiger partial charge in [-0.05, 0) is 30.5 Å². The number of hydrogen-bond acceptors (Lipinski definition) is 4. The SMILES string of the molecule is COC1CN(S(=O)(=O)c2cc(Br)ccc2N)CCC1C. The van der Waals surface area contributed by atoms with E-state index < -0.39 is 10.0 Å². The first-order valence-electron chi connectivity index (χ1n) is 6.44. The fourth-order valence-corrected chi connectivity index (χ4v) is 4.52. The first-order valence-corrected chi connectivity index (χ1v) is 8.67. The monoisotopic (exact) mass is 362 g/mol. The maximum atomic E-state index is 12.7. The molecule has 2 rings (SSSR count). The zero-order valence-electron chi connectivity index (χ0n) is 11.5. The average Bonchev–Trinajstić information content (AvgIpc) is 2.41. The van der Waals surface area contributed by atoms with Gasteiger partial charge in [0.15, 0.2) is 0 Å². The van der Waals surface area contributed by atoms with Gasteiger partial charge in [-0.2, -0.15) is 4.31 Å². The number of anilines is 1. The molecule has 1 aliphatic rings. The van der Waals surface area contributed by atoms with E-state index in [2.05, 4.69) is 22.9 Å². The lowest BCUT2D eigenvalue weighted by molar-refractivity contribution is 0.0184. The molecule has 1 aromatic carbocycles. The molecule has 2 unspecified atom stereocenters. The minimum atomic E-state index is -3.58. The van der Waals surface area contributed by atoms with Crippen LogP contribution in [0.2, 0.25) is 0 Å². The predicted molar refractivity (Wildman–Crippen MR) is 81.9 cm³/mol. The topological polar surface area (TPSA) is 72.6 Å². The van der Waals surface area contributed by atoms with Crippen molar-refractivity contribution in [3.05, 3.63) is 22.7 Å². The third kappa shape index (κ3) is 3.00. The zero-order chi connectivity index (χ0) is 14.9. The van der Waals surface area contributed by atoms with Gasteiger partial charge in [-0.15, -0.1) is 0 Å². The van der Waals surface area contributed by atoms with E-state index in [1.54, 1.807) is 25.3 Å². The van der Waals surface area contributed by atoms with Crippen molar-refractivity contribution in [3.8, 4) is 0 Å². The van der Waals surface area contributed by atoms with Crippen LogP contribution in [-0.4, -0.2) is 39.0 Å². The molecule has 5 nitrogen and oxygen atoms in total. The quantitative estimate of drug-likeness (QED) is 0.835. The summed E-state index contributed by atoms with van der Waals surface area (Å²) in [4.78, 5) is 0.149. The highest BCUT2D eigenvalue weighted by molar-refractivity contribution is 9.10. The summed E-state index contributed by atoms with van der Waals surface area (Å²) in [5, 5.41) is 0. The summed E-state index contributed by atoms with van der Waals surface area (Å²) < 4.78 is 32.9. The number of sulfonamides is 1. The first-order chi connectivity index (χ1) is 9.36. The molecule has 2 atom stereocenters. The largest absolute Gasteiger partial charge is 0.398 e. The first kappa shape index (κ1) is 15.8. The molecule has 20 heavy (non-hydrogen) atoms. The number of hydrogen-bond donors (Lipinski definition) is 1. The van der Waals surface area contributed by atoms with Gasteiger partial charge in [-0.3, -0.25) is 0 Å². The Labute approximate surface area is 128 Å². The van der Waals surface area contributed by atoms with Crippen molar-refractivity contribution < 1.29 is 13.2 Å². The molecule has 1 aromatic rings. The van der Waals surface area contributed by atoms with Crippen molar-refractivity contribution in [3.63, 3.8) is 0 Å². The Morgan fingerprint density at radius 2 is 2.15 bits per heavy atom. The Hall–Kier alpha value is -0.630. The highest BCUT2D eigenvalue weighted by atomic mass is 79.9. The molecule has 0 amide bonds. The molecule has 1 fully saturated rings. The van der Waals surface area contributed by atoms with E-state index >= 15 is 0 Å². The predicted octanol–water partition coefficient (Wildman–Crippen LogP) is 2.08. The highest BCUT2D eigenvalue weighted by Crippen LogP contribution is 2.29. The lowest BCUT2D eigenvalue weighted by Gasteiger charge is -2.35. The summed E-state index contributed by atoms with van der Waals surface area (Å²) in [6, 6.07) is 4.87. The Kier molecular flexibility index (Phi) is 4.73. The van der Waals surface area contributed by atoms with Gasteiger partial charge in [-0.25, -0.2) is 8.42 Å². The lowest BCUT2D eigenvalue weighted by atomic mass is 9.97. The van der Waals surface area contributed by atoms with Crippen molar-refractivity contribution in [2.24, 2.45) is 5.92 Å². The van der Waals surface area contributed by atoms with Gasteiger partial charge in [-0.1, -0.05) is 22.9 Å². The number of benzene rings is 1. The Morgan fingerprint density at radius 3 is 2.80 bits per heavy atom. The molecule has 1 aliphatic heterocycles. The molecule has 7 heteroatoms. The molecule has 1 saturated heterocycles. The molecule has 0 saturated carbocycles. The molecule has 0 aromatic heterocycles. The van der Waals surface area contributed by atoms with E-state index in [-0.39, 0.29) is 16.7 Å². The Morgan fingerprint density at radius 1 is 1.45 bits per heavy atom. The number of nitrogens with zero attached hydrogens (tertiary/aromatic N) is 1. The number of ether oxygens (including phenoxy) is 1. The summed E-state index contributed by atoms with van der Waals surface area (Å²) >= 11 is 3.28. The number of rotatable bonds is 3. The van der Waals surface area contributed by atoms with E-state index in [0.717, 1.165) is 6.42 Å². The van der Waals surface area contributed by atoms with Gasteiger partial charge >= 0.3 is 0 Å². The number of piperidine rings is 1. The molecule has 0 spiro atoms. The normalized spacial score (nSPS) is 24.8. The fraction of sp³-hybridized carbons (Fsp3) is 0.538. The highest BCUT2D eigenvalue weighted by Gasteiger charge is 2.34. The van der Waals surface area contributed by atoms with Gasteiger partial charge in [0, 0.05) is 24.7 Å². The van der Waals surface area contributed by atoms with E-state index in [9.17, 15) is 8.42 Å². The van der Waals surface area contributed by atoms with Crippen molar-refractivity contribution in [2.45, 2.75) is 24.3 Å². The zero-order valence-corrected chi connectivity index (χ0v) is 13.9. The fourth-order valence-electron chi connectivity index (χ4n) is 2.40. The molecule has 0 bridgehead atoms. The second-order valence-corrected chi connectivity index (χ2v) is 7.91. The second kappa shape index (κ2) is 6.01. The van der Waals surface area contributed by atoms with Crippen LogP contribution in [0.15, 0.2) is 27.6 Å². The summed E-state index contributed by atoms with van der Waals surface area (Å²) in [5.41, 5.74) is 6.08. The minimum absolute atomic E-state index is 0.0769. The number of nitrogens with two attached hydrogens (primary N) is 1. The van der Waals surface area contributed by atoms with Gasteiger partial charge in [0.2, 0.25) is 10.0 Å². The van der Waals surface area contributed by atoms with Crippen LogP contribution in [0, 0.1) is 5.92 Å². The molecular weight excluding hydrogens is 344 g/mol. The van der Waals surface area contributed by atoms with Gasteiger partial charge in [0.1, 0.15) is 4.90 Å². The van der Waals surface area contributed by atoms with Crippen LogP contribution >= 0.6 is 15.9 Å². The van der Waals surface area contributed by atoms with E-state index in [0.29, 0.717) is 23.5 Å². The summed E-state index contributed by atoms with van der Waals surface area (Å²) in [5.74, 6) is 0.353. The van der Waals surface area contributed by atoms with Crippen LogP contribution in [0.5, 0.6) is 0 Å². The lowest BCUT2D eigenvalue weighted by Crippen LogP contribution is -2.46. The maximum absolute atomic E-state index is 12.7. The van der Waals surface area contributed by atoms with Crippen molar-refractivity contribution >= 4 is 31.6 Å². The van der Waals surface area contributed by atoms with Crippen molar-refractivity contribution in [2.75, 3.05) is 25.9 Å². The van der Waals surface area contributed by atoms with E-state index in [4.69, 9.17) is 10.5 Å². The maximum Gasteiger partial charge on any atom is 0.245 e. The van der Waals surface area contributed by atoms with Gasteiger partial charge < -0.3 is 10.5 Å². The number of nitrogen functional groups attached to an aromatic ring is 1. The molecule has 1 heterocycles. The van der Waals surface area contributed by atoms with Crippen LogP contribution in [0.1, 0.15) is 13.3 Å². The molecule has 0 aliphatic carbocycles. The van der Waals surface area contributed by atoms with Crippen LogP contribution in [0.4, 0.5) is 5.69 Å². The Balaban J connectivity index is 2.33. The number of methoxy groups -OCH3 is 1. The van der Waals surface area contributed by atoms with Crippen LogP contribution < -0.4 is 5.73 Å². The summed E-state index contributed by atoms with van der Waals surface area (Å²) in [7, 11) is -1.97. The second-order valence-electron chi connectivity index (χ2n) is 5.09. The smallest absolute Gasteiger partial charge is 0.245 e. The van der Waals surface area contributed by atoms with Crippen molar-refractivity contribution in [1.82, 2.24) is 4.31 Å². The standard InChI is InChI=1S/C13H19BrN2O3S/c1-9-5-6-16(8-12(9)19-2)20(17,18)13-7-10(14)3-4-11(13)15/h3-4,7,9,12H,5-6,8,15H2,1-2H3. The third-order valence-electron chi connectivity index (χ3n) is 3.75. The molecule has 2 N–H and O–H groups in total. The average molecular weight is 363 g/mol. The minimum Gasteiger partial charge on any atom is -0.398 e. The number of halogens is 1. The molecular formula is C13H19BrN2O3S. The Bertz CT molecular complexity index is 591. The van der Waals surface area contributed by atoms with Gasteiger partial charge in [0.25, 0.3) is 0 Å². The summed E-state index contributed by atoms with van der Waals surface area (Å²) in [6.07, 6.45) is 0.706. The van der Waals surface area contributed by atoms with Crippen LogP contribution in [0.3, 0.4) is 0 Å².